The normalized spacial score (nSPS) is 26.3. The summed E-state index contributed by atoms with van der Waals surface area (Å²) in [6.07, 6.45) is 10.2. The van der Waals surface area contributed by atoms with Gasteiger partial charge in [0.15, 0.2) is 5.96 Å². The first-order valence-corrected chi connectivity index (χ1v) is 11.7. The van der Waals surface area contributed by atoms with E-state index in [1.165, 1.54) is 19.3 Å². The van der Waals surface area contributed by atoms with Crippen molar-refractivity contribution in [2.45, 2.75) is 83.0 Å². The zero-order chi connectivity index (χ0) is 20.5. The van der Waals surface area contributed by atoms with Crippen LogP contribution in [0.3, 0.4) is 0 Å². The third kappa shape index (κ3) is 7.82. The Hall–Kier alpha value is -0.610. The molecule has 8 heteroatoms. The molecule has 3 fully saturated rings. The van der Waals surface area contributed by atoms with Crippen LogP contribution in [0.5, 0.6) is 0 Å². The van der Waals surface area contributed by atoms with Crippen molar-refractivity contribution in [3.8, 4) is 0 Å². The first-order valence-electron chi connectivity index (χ1n) is 11.7. The maximum Gasteiger partial charge on any atom is 0.224 e. The minimum atomic E-state index is 0. The average Bonchev–Trinajstić information content (AvgIpc) is 2.77. The van der Waals surface area contributed by atoms with Crippen LogP contribution in [0, 0.1) is 0 Å². The molecule has 3 rings (SSSR count). The summed E-state index contributed by atoms with van der Waals surface area (Å²) in [4.78, 5) is 21.3. The molecule has 0 radical (unpaired) electrons. The van der Waals surface area contributed by atoms with Gasteiger partial charge in [-0.15, -0.1) is 24.0 Å². The zero-order valence-electron chi connectivity index (χ0n) is 18.8. The Morgan fingerprint density at radius 2 is 1.87 bits per heavy atom. The molecule has 2 atom stereocenters. The quantitative estimate of drug-likeness (QED) is 0.321. The molecule has 3 saturated heterocycles. The molecule has 3 aliphatic heterocycles. The van der Waals surface area contributed by atoms with E-state index >= 15 is 0 Å². The zero-order valence-corrected chi connectivity index (χ0v) is 21.1. The monoisotopic (exact) mass is 536 g/mol. The van der Waals surface area contributed by atoms with Crippen molar-refractivity contribution in [3.05, 3.63) is 0 Å². The Labute approximate surface area is 199 Å². The lowest BCUT2D eigenvalue weighted by atomic mass is 10.0. The summed E-state index contributed by atoms with van der Waals surface area (Å²) in [6, 6.07) is 0.383. The van der Waals surface area contributed by atoms with E-state index in [9.17, 15) is 4.79 Å². The Balaban J connectivity index is 0.00000320. The number of carbonyl (C=O) groups excluding carboxylic acids is 1. The molecule has 3 aliphatic rings. The number of halogens is 1. The van der Waals surface area contributed by atoms with Crippen LogP contribution < -0.4 is 5.32 Å². The van der Waals surface area contributed by atoms with Crippen LogP contribution in [0.15, 0.2) is 4.99 Å². The summed E-state index contributed by atoms with van der Waals surface area (Å²) in [5, 5.41) is 3.39. The maximum atomic E-state index is 12.5. The number of guanidine groups is 1. The number of aliphatic imine (C=N–C) groups is 1. The van der Waals surface area contributed by atoms with Gasteiger partial charge in [-0.05, 0) is 58.3 Å². The Bertz CT molecular complexity index is 534. The molecule has 7 nitrogen and oxygen atoms in total. The second kappa shape index (κ2) is 13.7. The second-order valence-corrected chi connectivity index (χ2v) is 8.66. The number of likely N-dealkylation sites (tertiary alicyclic amines) is 2. The number of nitrogens with zero attached hydrogens (tertiary/aromatic N) is 3. The SMILES string of the molecule is CN=C(NCCC(=O)N1CCCCC1C)N1CCC(OCC2CCCCO2)CC1.I. The van der Waals surface area contributed by atoms with Crippen molar-refractivity contribution in [2.24, 2.45) is 4.99 Å². The highest BCUT2D eigenvalue weighted by atomic mass is 127. The van der Waals surface area contributed by atoms with Crippen molar-refractivity contribution < 1.29 is 14.3 Å². The van der Waals surface area contributed by atoms with Crippen molar-refractivity contribution in [2.75, 3.05) is 46.4 Å². The largest absolute Gasteiger partial charge is 0.376 e. The molecule has 30 heavy (non-hydrogen) atoms. The van der Waals surface area contributed by atoms with Crippen LogP contribution in [0.25, 0.3) is 0 Å². The third-order valence-corrected chi connectivity index (χ3v) is 6.49. The van der Waals surface area contributed by atoms with Gasteiger partial charge in [-0.1, -0.05) is 0 Å². The van der Waals surface area contributed by atoms with E-state index in [2.05, 4.69) is 22.1 Å². The van der Waals surface area contributed by atoms with E-state index in [4.69, 9.17) is 9.47 Å². The number of nitrogens with one attached hydrogen (secondary N) is 1. The van der Waals surface area contributed by atoms with Crippen LogP contribution in [0.1, 0.15) is 64.7 Å². The molecule has 0 saturated carbocycles. The third-order valence-electron chi connectivity index (χ3n) is 6.49. The van der Waals surface area contributed by atoms with Crippen LogP contribution in [-0.4, -0.2) is 86.4 Å². The Kier molecular flexibility index (Phi) is 11.7. The highest BCUT2D eigenvalue weighted by Crippen LogP contribution is 2.19. The first-order chi connectivity index (χ1) is 14.2. The van der Waals surface area contributed by atoms with Crippen molar-refractivity contribution in [1.29, 1.82) is 0 Å². The predicted octanol–water partition coefficient (Wildman–Crippen LogP) is 3.02. The van der Waals surface area contributed by atoms with Crippen LogP contribution >= 0.6 is 24.0 Å². The lowest BCUT2D eigenvalue weighted by molar-refractivity contribution is -0.134. The van der Waals surface area contributed by atoms with E-state index in [1.807, 2.05) is 11.9 Å². The summed E-state index contributed by atoms with van der Waals surface area (Å²) in [5.41, 5.74) is 0. The summed E-state index contributed by atoms with van der Waals surface area (Å²) in [5.74, 6) is 1.16. The molecule has 0 aromatic carbocycles. The maximum absolute atomic E-state index is 12.5. The average molecular weight is 536 g/mol. The lowest BCUT2D eigenvalue weighted by Crippen LogP contribution is -2.48. The van der Waals surface area contributed by atoms with Gasteiger partial charge >= 0.3 is 0 Å². The highest BCUT2D eigenvalue weighted by Gasteiger charge is 2.25. The fraction of sp³-hybridized carbons (Fsp3) is 0.909. The number of piperidine rings is 2. The highest BCUT2D eigenvalue weighted by molar-refractivity contribution is 14.0. The first kappa shape index (κ1) is 25.6. The Morgan fingerprint density at radius 1 is 1.10 bits per heavy atom. The molecular formula is C22H41IN4O3. The van der Waals surface area contributed by atoms with Gasteiger partial charge in [-0.25, -0.2) is 0 Å². The van der Waals surface area contributed by atoms with E-state index in [1.54, 1.807) is 0 Å². The van der Waals surface area contributed by atoms with Gasteiger partial charge in [-0.3, -0.25) is 9.79 Å². The molecule has 0 aromatic heterocycles. The fourth-order valence-electron chi connectivity index (χ4n) is 4.64. The smallest absolute Gasteiger partial charge is 0.224 e. The van der Waals surface area contributed by atoms with E-state index < -0.39 is 0 Å². The van der Waals surface area contributed by atoms with Crippen molar-refractivity contribution >= 4 is 35.8 Å². The molecular weight excluding hydrogens is 495 g/mol. The van der Waals surface area contributed by atoms with Gasteiger partial charge in [0.05, 0.1) is 18.8 Å². The van der Waals surface area contributed by atoms with Gasteiger partial charge < -0.3 is 24.6 Å². The molecule has 1 N–H and O–H groups in total. The lowest BCUT2D eigenvalue weighted by Gasteiger charge is -2.35. The van der Waals surface area contributed by atoms with Gasteiger partial charge in [0, 0.05) is 52.3 Å². The Morgan fingerprint density at radius 3 is 2.53 bits per heavy atom. The molecule has 174 valence electrons. The molecule has 1 amide bonds. The number of ether oxygens (including phenoxy) is 2. The summed E-state index contributed by atoms with van der Waals surface area (Å²) >= 11 is 0. The van der Waals surface area contributed by atoms with Crippen LogP contribution in [-0.2, 0) is 14.3 Å². The fourth-order valence-corrected chi connectivity index (χ4v) is 4.64. The molecule has 0 aliphatic carbocycles. The van der Waals surface area contributed by atoms with Crippen molar-refractivity contribution in [3.63, 3.8) is 0 Å². The van der Waals surface area contributed by atoms with E-state index in [0.717, 1.165) is 70.9 Å². The minimum Gasteiger partial charge on any atom is -0.376 e. The summed E-state index contributed by atoms with van der Waals surface area (Å²) in [7, 11) is 1.82. The van der Waals surface area contributed by atoms with Crippen LogP contribution in [0.2, 0.25) is 0 Å². The predicted molar refractivity (Wildman–Crippen MR) is 131 cm³/mol. The molecule has 3 heterocycles. The molecule has 0 aromatic rings. The molecule has 0 spiro atoms. The minimum absolute atomic E-state index is 0. The van der Waals surface area contributed by atoms with Crippen LogP contribution in [0.4, 0.5) is 0 Å². The van der Waals surface area contributed by atoms with Gasteiger partial charge in [0.25, 0.3) is 0 Å². The summed E-state index contributed by atoms with van der Waals surface area (Å²) in [6.45, 7) is 7.20. The topological polar surface area (TPSA) is 66.4 Å². The molecule has 0 bridgehead atoms. The number of hydrogen-bond donors (Lipinski definition) is 1. The van der Waals surface area contributed by atoms with Gasteiger partial charge in [0.1, 0.15) is 0 Å². The van der Waals surface area contributed by atoms with Gasteiger partial charge in [-0.2, -0.15) is 0 Å². The number of carbonyl (C=O) groups is 1. The second-order valence-electron chi connectivity index (χ2n) is 8.66. The standard InChI is InChI=1S/C22H40N4O3.HI/c1-18-7-3-5-13-26(18)21(27)9-12-24-22(23-2)25-14-10-19(11-15-25)29-17-20-8-4-6-16-28-20;/h18-20H,3-17H2,1-2H3,(H,23,24);1H. The number of amides is 1. The molecule has 2 unspecified atom stereocenters. The van der Waals surface area contributed by atoms with Crippen molar-refractivity contribution in [1.82, 2.24) is 15.1 Å². The number of rotatable bonds is 6. The van der Waals surface area contributed by atoms with E-state index in [-0.39, 0.29) is 36.0 Å². The summed E-state index contributed by atoms with van der Waals surface area (Å²) < 4.78 is 11.9. The van der Waals surface area contributed by atoms with Gasteiger partial charge in [0.2, 0.25) is 5.91 Å². The van der Waals surface area contributed by atoms with E-state index in [0.29, 0.717) is 25.1 Å². The number of hydrogen-bond acceptors (Lipinski definition) is 4.